The summed E-state index contributed by atoms with van der Waals surface area (Å²) in [7, 11) is -5.26. The van der Waals surface area contributed by atoms with Crippen LogP contribution in [0.2, 0.25) is 26.2 Å². The van der Waals surface area contributed by atoms with Gasteiger partial charge in [-0.3, -0.25) is 0 Å². The quantitative estimate of drug-likeness (QED) is 0.679. The first-order valence-electron chi connectivity index (χ1n) is 8.23. The summed E-state index contributed by atoms with van der Waals surface area (Å²) in [5.41, 5.74) is 2.09. The fourth-order valence-corrected chi connectivity index (χ4v) is 13.6. The summed E-state index contributed by atoms with van der Waals surface area (Å²) >= 11 is -4.97. The van der Waals surface area contributed by atoms with Gasteiger partial charge in [-0.05, 0) is 0 Å². The van der Waals surface area contributed by atoms with E-state index in [9.17, 15) is 7.61 Å². The molecule has 2 aromatic carbocycles. The van der Waals surface area contributed by atoms with E-state index < -0.39 is 30.2 Å². The second-order valence-corrected chi connectivity index (χ2v) is 17.5. The zero-order valence-corrected chi connectivity index (χ0v) is 18.9. The molecule has 0 N–H and O–H groups in total. The summed E-state index contributed by atoms with van der Waals surface area (Å²) in [4.78, 5) is 0. The van der Waals surface area contributed by atoms with Crippen LogP contribution in [-0.4, -0.2) is 16.6 Å². The molecule has 2 aromatic rings. The summed E-state index contributed by atoms with van der Waals surface area (Å²) in [6.07, 6.45) is 0. The van der Waals surface area contributed by atoms with E-state index in [4.69, 9.17) is 6.96 Å². The summed E-state index contributed by atoms with van der Waals surface area (Å²) in [5.74, 6) is 0. The third-order valence-electron chi connectivity index (χ3n) is 4.21. The Kier molecular flexibility index (Phi) is 5.89. The second kappa shape index (κ2) is 7.27. The first kappa shape index (κ1) is 20.2. The van der Waals surface area contributed by atoms with Gasteiger partial charge in [0.1, 0.15) is 0 Å². The fraction of sp³-hybridized carbons (Fsp3) is 0.333. The van der Waals surface area contributed by atoms with Gasteiger partial charge in [0.15, 0.2) is 0 Å². The second-order valence-electron chi connectivity index (χ2n) is 7.23. The van der Waals surface area contributed by atoms with Crippen LogP contribution in [0.1, 0.15) is 11.1 Å². The topological polar surface area (TPSA) is 52.6 Å². The van der Waals surface area contributed by atoms with Gasteiger partial charge in [0, 0.05) is 0 Å². The Morgan fingerprint density at radius 3 is 1.32 bits per heavy atom. The van der Waals surface area contributed by atoms with Gasteiger partial charge in [0.2, 0.25) is 0 Å². The number of benzene rings is 2. The third-order valence-corrected chi connectivity index (χ3v) is 15.0. The average molecular weight is 415 g/mol. The third kappa shape index (κ3) is 4.97. The molecule has 25 heavy (non-hydrogen) atoms. The molecule has 0 aliphatic heterocycles. The minimum atomic E-state index is -4.97. The average Bonchev–Trinajstić information content (AvgIpc) is 2.45. The van der Waals surface area contributed by atoms with Crippen LogP contribution in [-0.2, 0) is 28.2 Å². The van der Waals surface area contributed by atoms with Crippen molar-refractivity contribution in [3.8, 4) is 0 Å². The van der Waals surface area contributed by atoms with Crippen molar-refractivity contribution in [1.29, 1.82) is 0 Å². The molecular formula is C18H26CrO4Si2. The molecule has 0 aliphatic rings. The van der Waals surface area contributed by atoms with Crippen LogP contribution in [0.15, 0.2) is 48.5 Å². The Balaban J connectivity index is 2.28. The van der Waals surface area contributed by atoms with Gasteiger partial charge in [-0.2, -0.15) is 0 Å². The van der Waals surface area contributed by atoms with Crippen molar-refractivity contribution in [2.24, 2.45) is 0 Å². The van der Waals surface area contributed by atoms with E-state index in [2.05, 4.69) is 0 Å². The maximum absolute atomic E-state index is 12.7. The molecule has 0 radical (unpaired) electrons. The van der Waals surface area contributed by atoms with E-state index in [0.29, 0.717) is 0 Å². The normalized spacial score (nSPS) is 13.0. The van der Waals surface area contributed by atoms with Crippen molar-refractivity contribution < 1.29 is 28.2 Å². The molecular weight excluding hydrogens is 388 g/mol. The van der Waals surface area contributed by atoms with E-state index in [0.717, 1.165) is 21.5 Å². The van der Waals surface area contributed by atoms with Crippen LogP contribution >= 0.6 is 0 Å². The monoisotopic (exact) mass is 414 g/mol. The van der Waals surface area contributed by atoms with Gasteiger partial charge in [-0.25, -0.2) is 0 Å². The molecule has 0 bridgehead atoms. The molecule has 0 aromatic heterocycles. The van der Waals surface area contributed by atoms with Crippen molar-refractivity contribution in [2.75, 3.05) is 0 Å². The van der Waals surface area contributed by atoms with Crippen LogP contribution < -0.4 is 10.4 Å². The molecule has 0 saturated carbocycles. The minimum absolute atomic E-state index is 0.974. The van der Waals surface area contributed by atoms with Crippen molar-refractivity contribution in [3.05, 3.63) is 59.7 Å². The number of hydrogen-bond donors (Lipinski definition) is 0. The van der Waals surface area contributed by atoms with Crippen LogP contribution in [0.4, 0.5) is 0 Å². The zero-order valence-electron chi connectivity index (χ0n) is 15.7. The van der Waals surface area contributed by atoms with Gasteiger partial charge in [0.05, 0.1) is 0 Å². The Bertz CT molecular complexity index is 795. The van der Waals surface area contributed by atoms with E-state index in [1.54, 1.807) is 0 Å². The summed E-state index contributed by atoms with van der Waals surface area (Å²) in [6, 6.07) is 15.5. The molecule has 0 amide bonds. The number of rotatable bonds is 6. The van der Waals surface area contributed by atoms with Gasteiger partial charge in [0.25, 0.3) is 0 Å². The standard InChI is InChI=1S/2C9H13OSi.Cr.2O/c2*1-8-6-4-5-7-9(8)11(2,3)10;;;/h2*4-7H,1-3H3;;;/q2*-1;+2;;. The van der Waals surface area contributed by atoms with Crippen LogP contribution in [0, 0.1) is 13.8 Å². The molecule has 136 valence electrons. The molecule has 0 spiro atoms. The molecule has 4 nitrogen and oxygen atoms in total. The summed E-state index contributed by atoms with van der Waals surface area (Å²) in [5, 5.41) is 1.95. The summed E-state index contributed by atoms with van der Waals surface area (Å²) in [6.45, 7) is 11.5. The zero-order chi connectivity index (χ0) is 18.9. The van der Waals surface area contributed by atoms with Gasteiger partial charge in [-0.1, -0.05) is 0 Å². The Morgan fingerprint density at radius 1 is 0.680 bits per heavy atom. The number of aryl methyl sites for hydroxylation is 2. The van der Waals surface area contributed by atoms with Crippen molar-refractivity contribution in [2.45, 2.75) is 40.0 Å². The van der Waals surface area contributed by atoms with E-state index in [1.165, 1.54) is 0 Å². The van der Waals surface area contributed by atoms with Gasteiger partial charge < -0.3 is 0 Å². The number of hydrogen-bond acceptors (Lipinski definition) is 4. The first-order valence-corrected chi connectivity index (χ1v) is 16.1. The Hall–Kier alpha value is -1.07. The molecule has 7 heteroatoms. The van der Waals surface area contributed by atoms with Crippen molar-refractivity contribution >= 4 is 27.0 Å². The van der Waals surface area contributed by atoms with Crippen LogP contribution in [0.5, 0.6) is 0 Å². The van der Waals surface area contributed by atoms with E-state index >= 15 is 0 Å². The predicted octanol–water partition coefficient (Wildman–Crippen LogP) is 3.54. The SMILES string of the molecule is Cc1ccccc1[Si](C)(C)[O][Cr](=[O])(=[O])[O][Si](C)(C)c1ccccc1C. The fourth-order valence-electron chi connectivity index (χ4n) is 3.11. The van der Waals surface area contributed by atoms with Crippen molar-refractivity contribution in [1.82, 2.24) is 0 Å². The first-order chi connectivity index (χ1) is 11.4. The Labute approximate surface area is 154 Å². The van der Waals surface area contributed by atoms with Crippen LogP contribution in [0.3, 0.4) is 0 Å². The molecule has 0 aliphatic carbocycles. The molecule has 0 saturated heterocycles. The molecule has 0 atom stereocenters. The van der Waals surface area contributed by atoms with Crippen LogP contribution in [0.25, 0.3) is 0 Å². The predicted molar refractivity (Wildman–Crippen MR) is 100 cm³/mol. The molecule has 0 fully saturated rings. The Morgan fingerprint density at radius 2 is 1.00 bits per heavy atom. The van der Waals surface area contributed by atoms with E-state index in [1.807, 2.05) is 88.6 Å². The van der Waals surface area contributed by atoms with Gasteiger partial charge in [-0.15, -0.1) is 0 Å². The molecule has 0 unspecified atom stereocenters. The van der Waals surface area contributed by atoms with Gasteiger partial charge >= 0.3 is 155 Å². The maximum atomic E-state index is 12.7. The van der Waals surface area contributed by atoms with E-state index in [-0.39, 0.29) is 0 Å². The molecule has 2 rings (SSSR count). The molecule has 0 heterocycles. The summed E-state index contributed by atoms with van der Waals surface area (Å²) < 4.78 is 36.8. The van der Waals surface area contributed by atoms with Crippen molar-refractivity contribution in [3.63, 3.8) is 0 Å².